The predicted octanol–water partition coefficient (Wildman–Crippen LogP) is 1.71. The molecule has 1 fully saturated rings. The molecule has 1 aromatic rings. The zero-order valence-electron chi connectivity index (χ0n) is 12.5. The summed E-state index contributed by atoms with van der Waals surface area (Å²) in [4.78, 5) is 14.3. The molecule has 0 radical (unpaired) electrons. The molecule has 1 saturated heterocycles. The van der Waals surface area contributed by atoms with E-state index in [1.807, 2.05) is 6.92 Å². The molecule has 5 nitrogen and oxygen atoms in total. The van der Waals surface area contributed by atoms with Crippen molar-refractivity contribution < 1.29 is 13.2 Å². The summed E-state index contributed by atoms with van der Waals surface area (Å²) >= 11 is 0. The van der Waals surface area contributed by atoms with Crippen LogP contribution in [-0.2, 0) is 14.8 Å². The minimum Gasteiger partial charge on any atom is -0.344 e. The van der Waals surface area contributed by atoms with Crippen LogP contribution in [0, 0.1) is 0 Å². The van der Waals surface area contributed by atoms with Gasteiger partial charge in [-0.3, -0.25) is 4.79 Å². The maximum Gasteiger partial charge on any atom is 0.243 e. The third kappa shape index (κ3) is 3.27. The molecule has 1 aliphatic heterocycles. The van der Waals surface area contributed by atoms with Crippen LogP contribution in [0.2, 0.25) is 0 Å². The number of amides is 1. The molecule has 0 aromatic heterocycles. The first-order valence-corrected chi connectivity index (χ1v) is 8.74. The molecule has 21 heavy (non-hydrogen) atoms. The maximum absolute atomic E-state index is 12.7. The molecule has 0 N–H and O–H groups in total. The van der Waals surface area contributed by atoms with Crippen molar-refractivity contribution in [1.82, 2.24) is 9.21 Å². The van der Waals surface area contributed by atoms with Crippen LogP contribution in [0.3, 0.4) is 0 Å². The summed E-state index contributed by atoms with van der Waals surface area (Å²) in [6.45, 7) is 3.05. The lowest BCUT2D eigenvalue weighted by molar-refractivity contribution is -0.133. The topological polar surface area (TPSA) is 57.7 Å². The van der Waals surface area contributed by atoms with E-state index >= 15 is 0 Å². The zero-order valence-corrected chi connectivity index (χ0v) is 13.3. The van der Waals surface area contributed by atoms with Gasteiger partial charge in [0.1, 0.15) is 6.04 Å². The zero-order chi connectivity index (χ0) is 15.5. The van der Waals surface area contributed by atoms with Gasteiger partial charge in [-0.25, -0.2) is 8.42 Å². The minimum absolute atomic E-state index is 0.103. The number of carbonyl (C=O) groups excluding carboxylic acids is 1. The molecule has 0 spiro atoms. The fourth-order valence-electron chi connectivity index (χ4n) is 2.70. The summed E-state index contributed by atoms with van der Waals surface area (Å²) in [6, 6.07) is 7.76. The number of hydrogen-bond donors (Lipinski definition) is 0. The number of benzene rings is 1. The molecule has 1 aromatic carbocycles. The highest BCUT2D eigenvalue weighted by Crippen LogP contribution is 2.27. The molecule has 0 aliphatic carbocycles. The van der Waals surface area contributed by atoms with Crippen molar-refractivity contribution in [2.24, 2.45) is 0 Å². The Morgan fingerprint density at radius 1 is 1.33 bits per heavy atom. The third-order valence-electron chi connectivity index (χ3n) is 3.77. The first kappa shape index (κ1) is 16.0. The highest BCUT2D eigenvalue weighted by molar-refractivity contribution is 7.89. The van der Waals surface area contributed by atoms with Crippen molar-refractivity contribution in [3.8, 4) is 0 Å². The van der Waals surface area contributed by atoms with Gasteiger partial charge in [0.15, 0.2) is 0 Å². The Kier molecular flexibility index (Phi) is 5.00. The Morgan fingerprint density at radius 3 is 2.62 bits per heavy atom. The quantitative estimate of drug-likeness (QED) is 0.832. The standard InChI is InChI=1S/C15H22N2O3S/c1-3-11-16(2)15(18)14-10-7-12-17(14)21(19,20)13-8-5-4-6-9-13/h4-6,8-9,14H,3,7,10-12H2,1-2H3. The van der Waals surface area contributed by atoms with Crippen LogP contribution >= 0.6 is 0 Å². The molecule has 0 saturated carbocycles. The van der Waals surface area contributed by atoms with E-state index in [0.717, 1.165) is 12.8 Å². The smallest absolute Gasteiger partial charge is 0.243 e. The monoisotopic (exact) mass is 310 g/mol. The summed E-state index contributed by atoms with van der Waals surface area (Å²) in [6.07, 6.45) is 2.18. The van der Waals surface area contributed by atoms with Crippen LogP contribution in [0.1, 0.15) is 26.2 Å². The van der Waals surface area contributed by atoms with E-state index in [1.165, 1.54) is 4.31 Å². The van der Waals surface area contributed by atoms with Crippen molar-refractivity contribution in [3.05, 3.63) is 30.3 Å². The number of carbonyl (C=O) groups is 1. The Labute approximate surface area is 126 Å². The van der Waals surface area contributed by atoms with E-state index in [1.54, 1.807) is 42.3 Å². The number of hydrogen-bond acceptors (Lipinski definition) is 3. The Balaban J connectivity index is 2.24. The molecule has 116 valence electrons. The molecule has 2 rings (SSSR count). The Morgan fingerprint density at radius 2 is 2.00 bits per heavy atom. The second-order valence-electron chi connectivity index (χ2n) is 5.35. The van der Waals surface area contributed by atoms with Crippen molar-refractivity contribution in [1.29, 1.82) is 0 Å². The van der Waals surface area contributed by atoms with E-state index in [0.29, 0.717) is 19.5 Å². The van der Waals surface area contributed by atoms with Gasteiger partial charge in [0.25, 0.3) is 0 Å². The van der Waals surface area contributed by atoms with Gasteiger partial charge in [0, 0.05) is 20.1 Å². The van der Waals surface area contributed by atoms with Gasteiger partial charge in [-0.2, -0.15) is 4.31 Å². The van der Waals surface area contributed by atoms with Crippen LogP contribution in [0.5, 0.6) is 0 Å². The molecular weight excluding hydrogens is 288 g/mol. The fourth-order valence-corrected chi connectivity index (χ4v) is 4.37. The minimum atomic E-state index is -3.60. The van der Waals surface area contributed by atoms with E-state index in [4.69, 9.17) is 0 Å². The second kappa shape index (κ2) is 6.58. The lowest BCUT2D eigenvalue weighted by atomic mass is 10.2. The fraction of sp³-hybridized carbons (Fsp3) is 0.533. The van der Waals surface area contributed by atoms with Crippen molar-refractivity contribution in [2.45, 2.75) is 37.1 Å². The van der Waals surface area contributed by atoms with Gasteiger partial charge in [-0.15, -0.1) is 0 Å². The highest BCUT2D eigenvalue weighted by Gasteiger charge is 2.40. The van der Waals surface area contributed by atoms with Crippen LogP contribution < -0.4 is 0 Å². The number of rotatable bonds is 5. The largest absolute Gasteiger partial charge is 0.344 e. The van der Waals surface area contributed by atoms with Gasteiger partial charge in [-0.05, 0) is 31.4 Å². The SMILES string of the molecule is CCCN(C)C(=O)C1CCCN1S(=O)(=O)c1ccccc1. The third-order valence-corrected chi connectivity index (χ3v) is 5.70. The van der Waals surface area contributed by atoms with Crippen molar-refractivity contribution in [2.75, 3.05) is 20.1 Å². The molecule has 1 heterocycles. The summed E-state index contributed by atoms with van der Waals surface area (Å²) in [5, 5.41) is 0. The van der Waals surface area contributed by atoms with E-state index in [2.05, 4.69) is 0 Å². The molecule has 6 heteroatoms. The van der Waals surface area contributed by atoms with Gasteiger partial charge in [0.05, 0.1) is 4.90 Å². The molecule has 1 atom stereocenters. The molecule has 1 amide bonds. The summed E-state index contributed by atoms with van der Waals surface area (Å²) in [5.41, 5.74) is 0. The maximum atomic E-state index is 12.7. The van der Waals surface area contributed by atoms with Gasteiger partial charge < -0.3 is 4.90 Å². The molecule has 0 bridgehead atoms. The van der Waals surface area contributed by atoms with Gasteiger partial charge in [0.2, 0.25) is 15.9 Å². The first-order chi connectivity index (χ1) is 9.98. The molecule has 1 unspecified atom stereocenters. The molecular formula is C15H22N2O3S. The van der Waals surface area contributed by atoms with Crippen LogP contribution in [-0.4, -0.2) is 49.7 Å². The van der Waals surface area contributed by atoms with Crippen LogP contribution in [0.15, 0.2) is 35.2 Å². The van der Waals surface area contributed by atoms with Crippen molar-refractivity contribution in [3.63, 3.8) is 0 Å². The Hall–Kier alpha value is -1.40. The first-order valence-electron chi connectivity index (χ1n) is 7.30. The highest BCUT2D eigenvalue weighted by atomic mass is 32.2. The number of likely N-dealkylation sites (N-methyl/N-ethyl adjacent to an activating group) is 1. The lowest BCUT2D eigenvalue weighted by Gasteiger charge is -2.27. The van der Waals surface area contributed by atoms with E-state index in [9.17, 15) is 13.2 Å². The van der Waals surface area contributed by atoms with Crippen molar-refractivity contribution >= 4 is 15.9 Å². The summed E-state index contributed by atoms with van der Waals surface area (Å²) < 4.78 is 26.7. The van der Waals surface area contributed by atoms with E-state index < -0.39 is 16.1 Å². The average molecular weight is 310 g/mol. The predicted molar refractivity (Wildman–Crippen MR) is 81.3 cm³/mol. The second-order valence-corrected chi connectivity index (χ2v) is 7.24. The number of nitrogens with zero attached hydrogens (tertiary/aromatic N) is 2. The van der Waals surface area contributed by atoms with Gasteiger partial charge in [-0.1, -0.05) is 25.1 Å². The summed E-state index contributed by atoms with van der Waals surface area (Å²) in [7, 11) is -1.86. The Bertz CT molecular complexity index is 586. The normalized spacial score (nSPS) is 19.6. The summed E-state index contributed by atoms with van der Waals surface area (Å²) in [5.74, 6) is -0.103. The van der Waals surface area contributed by atoms with Gasteiger partial charge >= 0.3 is 0 Å². The van der Waals surface area contributed by atoms with Crippen LogP contribution in [0.25, 0.3) is 0 Å². The van der Waals surface area contributed by atoms with E-state index in [-0.39, 0.29) is 10.8 Å². The lowest BCUT2D eigenvalue weighted by Crippen LogP contribution is -2.46. The molecule has 1 aliphatic rings. The number of sulfonamides is 1. The van der Waals surface area contributed by atoms with Crippen LogP contribution in [0.4, 0.5) is 0 Å². The average Bonchev–Trinajstić information content (AvgIpc) is 2.97.